The lowest BCUT2D eigenvalue weighted by molar-refractivity contribution is -0.144. The molecule has 0 saturated carbocycles. The molecule has 1 aromatic rings. The molecule has 2 saturated heterocycles. The van der Waals surface area contributed by atoms with Crippen molar-refractivity contribution in [3.8, 4) is 5.75 Å². The van der Waals surface area contributed by atoms with E-state index < -0.39 is 45.2 Å². The molecule has 0 unspecified atom stereocenters. The van der Waals surface area contributed by atoms with Crippen molar-refractivity contribution in [3.63, 3.8) is 0 Å². The molecule has 3 N–H and O–H groups in total. The molecule has 0 spiro atoms. The molecule has 0 bridgehead atoms. The monoisotopic (exact) mass is 549 g/mol. The van der Waals surface area contributed by atoms with Crippen LogP contribution >= 0.6 is 0 Å². The van der Waals surface area contributed by atoms with Crippen LogP contribution < -0.4 is 20.7 Å². The van der Waals surface area contributed by atoms with Crippen LogP contribution in [-0.4, -0.2) is 91.5 Å². The molecule has 3 heterocycles. The zero-order valence-corrected chi connectivity index (χ0v) is 23.3. The summed E-state index contributed by atoms with van der Waals surface area (Å²) in [5.74, 6) is -0.351. The van der Waals surface area contributed by atoms with Crippen LogP contribution in [0, 0.1) is 0 Å². The van der Waals surface area contributed by atoms with Crippen molar-refractivity contribution in [3.05, 3.63) is 29.8 Å². The van der Waals surface area contributed by atoms with Crippen molar-refractivity contribution in [2.45, 2.75) is 81.9 Å². The number of benzene rings is 1. The van der Waals surface area contributed by atoms with Gasteiger partial charge in [-0.1, -0.05) is 18.2 Å². The minimum absolute atomic E-state index is 0.174. The highest BCUT2D eigenvalue weighted by atomic mass is 32.2. The molecule has 4 rings (SSSR count). The van der Waals surface area contributed by atoms with Crippen LogP contribution in [0.5, 0.6) is 5.75 Å². The topological polar surface area (TPSA) is 137 Å². The predicted molar refractivity (Wildman–Crippen MR) is 142 cm³/mol. The smallest absolute Gasteiger partial charge is 0.247 e. The number of sulfonamides is 1. The van der Waals surface area contributed by atoms with Crippen molar-refractivity contribution in [2.24, 2.45) is 0 Å². The fraction of sp³-hybridized carbons (Fsp3) is 0.654. The molecule has 210 valence electrons. The maximum absolute atomic E-state index is 13.9. The molecule has 5 atom stereocenters. The Labute approximate surface area is 224 Å². The number of rotatable bonds is 7. The van der Waals surface area contributed by atoms with Crippen LogP contribution in [0.15, 0.2) is 24.3 Å². The van der Waals surface area contributed by atoms with Crippen LogP contribution in [0.4, 0.5) is 0 Å². The highest BCUT2D eigenvalue weighted by molar-refractivity contribution is 7.89. The van der Waals surface area contributed by atoms with Gasteiger partial charge < -0.3 is 25.6 Å². The lowest BCUT2D eigenvalue weighted by atomic mass is 10.00. The summed E-state index contributed by atoms with van der Waals surface area (Å²) in [4.78, 5) is 41.9. The second kappa shape index (κ2) is 11.6. The quantitative estimate of drug-likeness (QED) is 0.451. The number of carbonyl (C=O) groups is 3. The largest absolute Gasteiger partial charge is 0.493 e. The fourth-order valence-electron chi connectivity index (χ4n) is 5.43. The molecule has 12 heteroatoms. The molecule has 0 aromatic heterocycles. The molecule has 3 amide bonds. The zero-order valence-electron chi connectivity index (χ0n) is 22.5. The highest BCUT2D eigenvalue weighted by Crippen LogP contribution is 2.34. The summed E-state index contributed by atoms with van der Waals surface area (Å²) in [6.07, 6.45) is 2.10. The van der Waals surface area contributed by atoms with Gasteiger partial charge in [0.1, 0.15) is 17.8 Å². The van der Waals surface area contributed by atoms with E-state index in [1.165, 1.54) is 4.31 Å². The number of nitrogens with one attached hydrogen (secondary N) is 3. The number of ether oxygens (including phenoxy) is 1. The predicted octanol–water partition coefficient (Wildman–Crippen LogP) is 0.523. The van der Waals surface area contributed by atoms with Crippen molar-refractivity contribution >= 4 is 27.7 Å². The summed E-state index contributed by atoms with van der Waals surface area (Å²) in [5.41, 5.74) is 0.904. The van der Waals surface area contributed by atoms with Gasteiger partial charge in [-0.2, -0.15) is 4.31 Å². The van der Waals surface area contributed by atoms with Crippen molar-refractivity contribution < 1.29 is 27.5 Å². The van der Waals surface area contributed by atoms with Crippen molar-refractivity contribution in [1.82, 2.24) is 25.2 Å². The average molecular weight is 550 g/mol. The van der Waals surface area contributed by atoms with Gasteiger partial charge in [0.25, 0.3) is 0 Å². The Bertz CT molecular complexity index is 1160. The number of amides is 3. The third kappa shape index (κ3) is 5.67. The number of likely N-dealkylation sites (N-methyl/N-ethyl adjacent to an activating group) is 1. The molecular formula is C26H39N5O6S. The first kappa shape index (κ1) is 28.3. The van der Waals surface area contributed by atoms with Gasteiger partial charge in [0.2, 0.25) is 27.7 Å². The number of carbonyl (C=O) groups excluding carboxylic acids is 3. The Hall–Kier alpha value is -2.70. The van der Waals surface area contributed by atoms with E-state index in [0.717, 1.165) is 11.3 Å². The van der Waals surface area contributed by atoms with E-state index in [0.29, 0.717) is 32.3 Å². The molecular weight excluding hydrogens is 510 g/mol. The van der Waals surface area contributed by atoms with E-state index in [1.807, 2.05) is 24.3 Å². The number of para-hydroxylation sites is 1. The second-order valence-electron chi connectivity index (χ2n) is 10.5. The van der Waals surface area contributed by atoms with Crippen LogP contribution in [0.25, 0.3) is 0 Å². The van der Waals surface area contributed by atoms with Gasteiger partial charge in [-0.3, -0.25) is 14.4 Å². The Morgan fingerprint density at radius 2 is 1.76 bits per heavy atom. The zero-order chi connectivity index (χ0) is 27.6. The van der Waals surface area contributed by atoms with Crippen LogP contribution in [0.2, 0.25) is 0 Å². The van der Waals surface area contributed by atoms with Gasteiger partial charge in [0, 0.05) is 31.1 Å². The normalized spacial score (nSPS) is 27.0. The van der Waals surface area contributed by atoms with E-state index in [1.54, 1.807) is 32.7 Å². The van der Waals surface area contributed by atoms with Crippen LogP contribution in [0.3, 0.4) is 0 Å². The third-order valence-corrected chi connectivity index (χ3v) is 10.1. The minimum atomic E-state index is -3.66. The average Bonchev–Trinajstić information content (AvgIpc) is 3.32. The molecule has 0 radical (unpaired) electrons. The molecule has 3 aliphatic heterocycles. The molecule has 1 aromatic carbocycles. The number of fused-ring (bicyclic) bond motifs is 2. The van der Waals surface area contributed by atoms with E-state index >= 15 is 0 Å². The van der Waals surface area contributed by atoms with Crippen molar-refractivity contribution in [2.75, 3.05) is 26.7 Å². The minimum Gasteiger partial charge on any atom is -0.493 e. The van der Waals surface area contributed by atoms with Crippen LogP contribution in [-0.2, 0) is 24.4 Å². The highest BCUT2D eigenvalue weighted by Gasteiger charge is 2.47. The van der Waals surface area contributed by atoms with E-state index in [9.17, 15) is 22.8 Å². The van der Waals surface area contributed by atoms with E-state index in [4.69, 9.17) is 4.74 Å². The first-order chi connectivity index (χ1) is 18.0. The molecule has 38 heavy (non-hydrogen) atoms. The second-order valence-corrected chi connectivity index (χ2v) is 13.0. The number of hydrogen-bond acceptors (Lipinski definition) is 7. The van der Waals surface area contributed by atoms with E-state index in [2.05, 4.69) is 16.0 Å². The number of hydrogen-bond donors (Lipinski definition) is 3. The number of nitrogens with zero attached hydrogens (tertiary/aromatic N) is 2. The summed E-state index contributed by atoms with van der Waals surface area (Å²) in [7, 11) is -2.03. The Morgan fingerprint density at radius 1 is 1.03 bits per heavy atom. The lowest BCUT2D eigenvalue weighted by Crippen LogP contribution is -2.62. The fourth-order valence-corrected chi connectivity index (χ4v) is 6.74. The van der Waals surface area contributed by atoms with Gasteiger partial charge in [0.15, 0.2) is 0 Å². The summed E-state index contributed by atoms with van der Waals surface area (Å²) >= 11 is 0. The van der Waals surface area contributed by atoms with Gasteiger partial charge in [-0.05, 0) is 53.1 Å². The first-order valence-corrected chi connectivity index (χ1v) is 14.9. The van der Waals surface area contributed by atoms with Gasteiger partial charge >= 0.3 is 0 Å². The van der Waals surface area contributed by atoms with Crippen LogP contribution in [0.1, 0.15) is 58.1 Å². The third-order valence-electron chi connectivity index (χ3n) is 7.83. The Morgan fingerprint density at radius 3 is 2.47 bits per heavy atom. The molecule has 11 nitrogen and oxygen atoms in total. The van der Waals surface area contributed by atoms with Gasteiger partial charge in [-0.25, -0.2) is 8.42 Å². The Kier molecular flexibility index (Phi) is 8.63. The summed E-state index contributed by atoms with van der Waals surface area (Å²) < 4.78 is 33.2. The van der Waals surface area contributed by atoms with E-state index in [-0.39, 0.29) is 31.1 Å². The maximum Gasteiger partial charge on any atom is 0.247 e. The molecule has 2 fully saturated rings. The SMILES string of the molecule is CN[C@@H](C)C(=O)N[C@H]1CN(S(=O)(=O)C(C)C)CC[C@H]2CC[C@@H](C(=O)N[C@@H]3CCOc4ccccc43)N2C1=O. The summed E-state index contributed by atoms with van der Waals surface area (Å²) in [5, 5.41) is 8.05. The summed E-state index contributed by atoms with van der Waals surface area (Å²) in [6.45, 7) is 5.38. The lowest BCUT2D eigenvalue weighted by Gasteiger charge is -2.39. The van der Waals surface area contributed by atoms with Crippen molar-refractivity contribution in [1.29, 1.82) is 0 Å². The Balaban J connectivity index is 1.58. The molecule has 0 aliphatic carbocycles. The summed E-state index contributed by atoms with van der Waals surface area (Å²) in [6, 6.07) is 4.68. The molecule has 3 aliphatic rings. The van der Waals surface area contributed by atoms with Gasteiger partial charge in [0.05, 0.1) is 23.9 Å². The first-order valence-electron chi connectivity index (χ1n) is 13.4. The van der Waals surface area contributed by atoms with Gasteiger partial charge in [-0.15, -0.1) is 0 Å². The standard InChI is InChI=1S/C26H39N5O6S/c1-16(2)38(35,36)30-13-11-18-9-10-22(31(18)26(34)21(15-30)29-24(32)17(3)27-4)25(33)28-20-12-14-37-23-8-6-5-7-19(20)23/h5-8,16-18,20-22,27H,9-15H2,1-4H3,(H,28,33)(H,29,32)/t17-,18+,20+,21-,22-/m0/s1. The maximum atomic E-state index is 13.9.